The van der Waals surface area contributed by atoms with Gasteiger partial charge in [0, 0.05) is 41.1 Å². The molecule has 0 bridgehead atoms. The van der Waals surface area contributed by atoms with E-state index in [-0.39, 0.29) is 5.75 Å². The number of alkyl halides is 2. The van der Waals surface area contributed by atoms with Crippen LogP contribution in [0.25, 0.3) is 28.8 Å². The number of nitrogens with two attached hydrogens (primary N) is 1. The van der Waals surface area contributed by atoms with Gasteiger partial charge in [0.25, 0.3) is 0 Å². The first-order valence-corrected chi connectivity index (χ1v) is 7.16. The van der Waals surface area contributed by atoms with E-state index in [0.29, 0.717) is 5.35 Å². The van der Waals surface area contributed by atoms with Gasteiger partial charge in [-0.25, -0.2) is 0 Å². The lowest BCUT2D eigenvalue weighted by molar-refractivity contribution is -0.0497. The number of rotatable bonds is 4. The molecule has 0 saturated carbocycles. The summed E-state index contributed by atoms with van der Waals surface area (Å²) in [6.45, 7) is 1.16. The molecule has 2 aromatic heterocycles. The zero-order chi connectivity index (χ0) is 17.3. The molecule has 5 nitrogen and oxygen atoms in total. The van der Waals surface area contributed by atoms with Crippen molar-refractivity contribution < 1.29 is 13.5 Å². The molecule has 3 N–H and O–H groups in total. The zero-order valence-corrected chi connectivity index (χ0v) is 13.0. The molecule has 24 heavy (non-hydrogen) atoms. The molecule has 0 aliphatic heterocycles. The van der Waals surface area contributed by atoms with Gasteiger partial charge in [0.1, 0.15) is 5.75 Å². The fourth-order valence-electron chi connectivity index (χ4n) is 2.52. The van der Waals surface area contributed by atoms with Crippen LogP contribution in [0.4, 0.5) is 8.78 Å². The van der Waals surface area contributed by atoms with Gasteiger partial charge in [0.2, 0.25) is 0 Å². The van der Waals surface area contributed by atoms with E-state index in [9.17, 15) is 8.78 Å². The molecule has 0 spiro atoms. The third-order valence-electron chi connectivity index (χ3n) is 3.63. The summed E-state index contributed by atoms with van der Waals surface area (Å²) < 4.78 is 31.0. The molecule has 0 amide bonds. The first-order valence-electron chi connectivity index (χ1n) is 7.16. The number of allylic oxidation sites excluding steroid dienone is 1. The number of ether oxygens (including phenoxy) is 1. The lowest BCUT2D eigenvalue weighted by Crippen LogP contribution is -2.24. The number of nitrogens with one attached hydrogen (secondary N) is 1. The minimum absolute atomic E-state index is 0.0849. The molecule has 124 valence electrons. The standard InChI is InChI=1S/C17H16F2N4O/c1-10(11-8-21-23(2)9-11)5-13-14-6-12(24-17(18)19)3-4-15(14)22-16(13)7-20/h3-9,17,22H,1,20H2,2H3/b13-5-,16-7+. The van der Waals surface area contributed by atoms with E-state index in [0.717, 1.165) is 27.3 Å². The van der Waals surface area contributed by atoms with Crippen LogP contribution in [0.15, 0.2) is 37.2 Å². The fraction of sp³-hybridized carbons (Fsp3) is 0.118. The quantitative estimate of drug-likeness (QED) is 0.765. The van der Waals surface area contributed by atoms with E-state index < -0.39 is 6.61 Å². The Morgan fingerprint density at radius 1 is 1.46 bits per heavy atom. The maximum Gasteiger partial charge on any atom is 0.387 e. The molecular weight excluding hydrogens is 314 g/mol. The summed E-state index contributed by atoms with van der Waals surface area (Å²) in [7, 11) is 1.81. The third-order valence-corrected chi connectivity index (χ3v) is 3.63. The highest BCUT2D eigenvalue weighted by Crippen LogP contribution is 2.19. The molecular formula is C17H16F2N4O. The summed E-state index contributed by atoms with van der Waals surface area (Å²) in [5.74, 6) is 0.0849. The highest BCUT2D eigenvalue weighted by Gasteiger charge is 2.08. The number of hydrogen-bond acceptors (Lipinski definition) is 3. The van der Waals surface area contributed by atoms with Gasteiger partial charge in [-0.3, -0.25) is 4.68 Å². The minimum atomic E-state index is -2.88. The first-order chi connectivity index (χ1) is 11.5. The summed E-state index contributed by atoms with van der Waals surface area (Å²) >= 11 is 0. The largest absolute Gasteiger partial charge is 0.435 e. The number of nitrogens with zero attached hydrogens (tertiary/aromatic N) is 2. The van der Waals surface area contributed by atoms with Crippen LogP contribution in [0.5, 0.6) is 5.75 Å². The van der Waals surface area contributed by atoms with Crippen LogP contribution in [0.1, 0.15) is 5.56 Å². The second-order valence-electron chi connectivity index (χ2n) is 5.28. The van der Waals surface area contributed by atoms with Crippen LogP contribution in [0.3, 0.4) is 0 Å². The van der Waals surface area contributed by atoms with E-state index in [1.165, 1.54) is 12.3 Å². The van der Waals surface area contributed by atoms with Crippen molar-refractivity contribution in [2.75, 3.05) is 0 Å². The van der Waals surface area contributed by atoms with Crippen molar-refractivity contribution in [2.24, 2.45) is 12.8 Å². The van der Waals surface area contributed by atoms with Crippen molar-refractivity contribution in [2.45, 2.75) is 6.61 Å². The molecule has 2 heterocycles. The maximum atomic E-state index is 12.4. The van der Waals surface area contributed by atoms with Crippen molar-refractivity contribution >= 4 is 28.8 Å². The van der Waals surface area contributed by atoms with Crippen LogP contribution >= 0.6 is 0 Å². The lowest BCUT2D eigenvalue weighted by atomic mass is 10.1. The molecule has 0 aliphatic rings. The normalized spacial score (nSPS) is 13.2. The van der Waals surface area contributed by atoms with E-state index in [2.05, 4.69) is 21.4 Å². The number of H-pyrrole nitrogens is 1. The monoisotopic (exact) mass is 330 g/mol. The van der Waals surface area contributed by atoms with Crippen molar-refractivity contribution in [3.05, 3.63) is 53.3 Å². The highest BCUT2D eigenvalue weighted by molar-refractivity contribution is 5.92. The van der Waals surface area contributed by atoms with E-state index in [1.807, 2.05) is 19.3 Å². The van der Waals surface area contributed by atoms with Crippen LogP contribution in [-0.2, 0) is 7.05 Å². The molecule has 3 aromatic rings. The number of benzene rings is 1. The van der Waals surface area contributed by atoms with Gasteiger partial charge in [0.15, 0.2) is 0 Å². The smallest absolute Gasteiger partial charge is 0.387 e. The second-order valence-corrected chi connectivity index (χ2v) is 5.28. The molecule has 0 fully saturated rings. The van der Waals surface area contributed by atoms with Gasteiger partial charge in [-0.1, -0.05) is 6.58 Å². The summed E-state index contributed by atoms with van der Waals surface area (Å²) in [6.07, 6.45) is 6.80. The van der Waals surface area contributed by atoms with Crippen molar-refractivity contribution in [3.8, 4) is 5.75 Å². The topological polar surface area (TPSA) is 68.9 Å². The molecule has 0 radical (unpaired) electrons. The van der Waals surface area contributed by atoms with Crippen molar-refractivity contribution in [1.82, 2.24) is 14.8 Å². The number of aryl methyl sites for hydroxylation is 1. The van der Waals surface area contributed by atoms with Crippen molar-refractivity contribution in [1.29, 1.82) is 0 Å². The molecule has 3 rings (SSSR count). The Balaban J connectivity index is 2.17. The van der Waals surface area contributed by atoms with Gasteiger partial charge >= 0.3 is 6.61 Å². The maximum absolute atomic E-state index is 12.4. The average molecular weight is 330 g/mol. The van der Waals surface area contributed by atoms with E-state index >= 15 is 0 Å². The average Bonchev–Trinajstić information content (AvgIpc) is 3.11. The second kappa shape index (κ2) is 6.19. The summed E-state index contributed by atoms with van der Waals surface area (Å²) in [6, 6.07) is 4.70. The number of halogens is 2. The highest BCUT2D eigenvalue weighted by atomic mass is 19.3. The zero-order valence-electron chi connectivity index (χ0n) is 13.0. The van der Waals surface area contributed by atoms with Crippen LogP contribution in [0.2, 0.25) is 0 Å². The summed E-state index contributed by atoms with van der Waals surface area (Å²) in [5.41, 5.74) is 8.03. The predicted molar refractivity (Wildman–Crippen MR) is 89.5 cm³/mol. The molecule has 0 atom stereocenters. The Hall–Kier alpha value is -3.09. The molecule has 1 aromatic carbocycles. The van der Waals surface area contributed by atoms with E-state index in [1.54, 1.807) is 23.0 Å². The molecule has 0 saturated heterocycles. The summed E-state index contributed by atoms with van der Waals surface area (Å²) in [5, 5.41) is 6.25. The Kier molecular flexibility index (Phi) is 4.07. The Labute approximate surface area is 136 Å². The van der Waals surface area contributed by atoms with Gasteiger partial charge in [-0.15, -0.1) is 0 Å². The van der Waals surface area contributed by atoms with Crippen LogP contribution in [-0.4, -0.2) is 21.4 Å². The van der Waals surface area contributed by atoms with Gasteiger partial charge in [-0.2, -0.15) is 13.9 Å². The van der Waals surface area contributed by atoms with E-state index in [4.69, 9.17) is 5.73 Å². The lowest BCUT2D eigenvalue weighted by Gasteiger charge is -2.03. The van der Waals surface area contributed by atoms with Gasteiger partial charge in [-0.05, 0) is 29.8 Å². The number of aromatic nitrogens is 3. The summed E-state index contributed by atoms with van der Waals surface area (Å²) in [4.78, 5) is 3.14. The Bertz CT molecular complexity index is 1020. The number of aromatic amines is 1. The Morgan fingerprint density at radius 3 is 2.88 bits per heavy atom. The number of hydrogen-bond donors (Lipinski definition) is 2. The third kappa shape index (κ3) is 3.01. The van der Waals surface area contributed by atoms with Gasteiger partial charge in [0.05, 0.1) is 11.5 Å². The molecule has 0 aliphatic carbocycles. The van der Waals surface area contributed by atoms with Gasteiger partial charge < -0.3 is 15.5 Å². The SMILES string of the molecule is C=C(/C=c1\c(=C/N)[nH]c2ccc(OC(F)F)cc12)c1cnn(C)c1. The molecule has 7 heteroatoms. The van der Waals surface area contributed by atoms with Crippen molar-refractivity contribution in [3.63, 3.8) is 0 Å². The van der Waals surface area contributed by atoms with Crippen LogP contribution in [0, 0.1) is 0 Å². The Morgan fingerprint density at radius 2 is 2.25 bits per heavy atom. The van der Waals surface area contributed by atoms with Crippen LogP contribution < -0.4 is 21.0 Å². The first kappa shape index (κ1) is 15.8. The molecule has 0 unspecified atom stereocenters. The predicted octanol–water partition coefficient (Wildman–Crippen LogP) is 1.69. The number of fused-ring (bicyclic) bond motifs is 1. The fourth-order valence-corrected chi connectivity index (χ4v) is 2.52. The minimum Gasteiger partial charge on any atom is -0.435 e.